The second-order valence-electron chi connectivity index (χ2n) is 4.36. The largest absolute Gasteiger partial charge is 0.393 e. The lowest BCUT2D eigenvalue weighted by Gasteiger charge is -2.19. The zero-order valence-electron chi connectivity index (χ0n) is 10.3. The first kappa shape index (κ1) is 16.1. The molecule has 0 heterocycles. The van der Waals surface area contributed by atoms with Crippen molar-refractivity contribution >= 4 is 52.0 Å². The highest BCUT2D eigenvalue weighted by molar-refractivity contribution is 7.80. The van der Waals surface area contributed by atoms with Crippen molar-refractivity contribution in [2.75, 3.05) is 5.32 Å². The van der Waals surface area contributed by atoms with Gasteiger partial charge in [-0.3, -0.25) is 4.79 Å². The van der Waals surface area contributed by atoms with Crippen molar-refractivity contribution < 1.29 is 9.18 Å². The third-order valence-electron chi connectivity index (χ3n) is 2.51. The van der Waals surface area contributed by atoms with Crippen LogP contribution in [0, 0.1) is 17.7 Å². The van der Waals surface area contributed by atoms with Gasteiger partial charge < -0.3 is 11.1 Å². The van der Waals surface area contributed by atoms with Gasteiger partial charge in [0.2, 0.25) is 5.91 Å². The minimum absolute atomic E-state index is 0.0174. The van der Waals surface area contributed by atoms with Gasteiger partial charge in [0.1, 0.15) is 5.82 Å². The molecular formula is C12H13Cl2FN2OS. The summed E-state index contributed by atoms with van der Waals surface area (Å²) in [5, 5.41) is 2.57. The molecule has 1 amide bonds. The topological polar surface area (TPSA) is 55.1 Å². The van der Waals surface area contributed by atoms with E-state index in [0.29, 0.717) is 0 Å². The standard InChI is InChI=1S/C12H13Cl2FN2OS/c1-5(2)9(11(16)19)12(18)17-10-7(13)3-6(15)4-8(10)14/h3-5,9H,1-2H3,(H2,16,19)(H,17,18). The number of halogens is 3. The second kappa shape index (κ2) is 6.50. The molecule has 3 N–H and O–H groups in total. The van der Waals surface area contributed by atoms with Crippen molar-refractivity contribution in [2.45, 2.75) is 13.8 Å². The maximum atomic E-state index is 13.0. The number of hydrogen-bond donors (Lipinski definition) is 2. The van der Waals surface area contributed by atoms with E-state index in [1.165, 1.54) is 0 Å². The van der Waals surface area contributed by atoms with E-state index in [2.05, 4.69) is 5.32 Å². The van der Waals surface area contributed by atoms with Gasteiger partial charge in [-0.05, 0) is 18.1 Å². The van der Waals surface area contributed by atoms with Crippen molar-refractivity contribution in [3.05, 3.63) is 28.0 Å². The number of carbonyl (C=O) groups is 1. The van der Waals surface area contributed by atoms with E-state index in [1.54, 1.807) is 0 Å². The minimum atomic E-state index is -0.646. The maximum absolute atomic E-state index is 13.0. The summed E-state index contributed by atoms with van der Waals surface area (Å²) in [6.07, 6.45) is 0. The van der Waals surface area contributed by atoms with Crippen LogP contribution in [-0.4, -0.2) is 10.9 Å². The third kappa shape index (κ3) is 4.03. The summed E-state index contributed by atoms with van der Waals surface area (Å²) in [7, 11) is 0. The lowest BCUT2D eigenvalue weighted by atomic mass is 9.95. The Morgan fingerprint density at radius 3 is 2.21 bits per heavy atom. The van der Waals surface area contributed by atoms with Crippen LogP contribution in [-0.2, 0) is 4.79 Å². The summed E-state index contributed by atoms with van der Waals surface area (Å²) in [5.74, 6) is -1.72. The number of amides is 1. The number of carbonyl (C=O) groups excluding carboxylic acids is 1. The number of nitrogens with two attached hydrogens (primary N) is 1. The average Bonchev–Trinajstić information content (AvgIpc) is 2.22. The van der Waals surface area contributed by atoms with Crippen molar-refractivity contribution in [2.24, 2.45) is 17.6 Å². The summed E-state index contributed by atoms with van der Waals surface area (Å²) >= 11 is 16.5. The molecule has 0 radical (unpaired) electrons. The predicted molar refractivity (Wildman–Crippen MR) is 80.2 cm³/mol. The van der Waals surface area contributed by atoms with Crippen LogP contribution in [0.5, 0.6) is 0 Å². The fraction of sp³-hybridized carbons (Fsp3) is 0.333. The second-order valence-corrected chi connectivity index (χ2v) is 5.64. The summed E-state index contributed by atoms with van der Waals surface area (Å²) < 4.78 is 13.0. The molecule has 0 saturated carbocycles. The molecule has 1 aromatic carbocycles. The Hall–Kier alpha value is -0.910. The van der Waals surface area contributed by atoms with Gasteiger partial charge >= 0.3 is 0 Å². The Labute approximate surface area is 126 Å². The molecule has 1 aromatic rings. The Balaban J connectivity index is 3.03. The quantitative estimate of drug-likeness (QED) is 0.832. The van der Waals surface area contributed by atoms with Gasteiger partial charge in [-0.15, -0.1) is 0 Å². The van der Waals surface area contributed by atoms with Crippen LogP contribution < -0.4 is 11.1 Å². The van der Waals surface area contributed by atoms with Crippen molar-refractivity contribution in [1.82, 2.24) is 0 Å². The fourth-order valence-electron chi connectivity index (χ4n) is 1.62. The van der Waals surface area contributed by atoms with Crippen molar-refractivity contribution in [1.29, 1.82) is 0 Å². The van der Waals surface area contributed by atoms with Crippen molar-refractivity contribution in [3.8, 4) is 0 Å². The molecule has 0 aliphatic carbocycles. The first-order valence-electron chi connectivity index (χ1n) is 5.48. The fourth-order valence-corrected chi connectivity index (χ4v) is 2.56. The molecule has 1 unspecified atom stereocenters. The van der Waals surface area contributed by atoms with Crippen LogP contribution in [0.2, 0.25) is 10.0 Å². The van der Waals surface area contributed by atoms with Crippen LogP contribution in [0.1, 0.15) is 13.8 Å². The van der Waals surface area contributed by atoms with E-state index < -0.39 is 17.6 Å². The van der Waals surface area contributed by atoms with E-state index in [0.717, 1.165) is 12.1 Å². The summed E-state index contributed by atoms with van der Waals surface area (Å²) in [4.78, 5) is 12.2. The molecule has 0 fully saturated rings. The number of anilines is 1. The zero-order chi connectivity index (χ0) is 14.7. The molecule has 0 aromatic heterocycles. The molecule has 104 valence electrons. The van der Waals surface area contributed by atoms with E-state index in [1.807, 2.05) is 13.8 Å². The van der Waals surface area contributed by atoms with Crippen LogP contribution in [0.3, 0.4) is 0 Å². The van der Waals surface area contributed by atoms with Crippen molar-refractivity contribution in [3.63, 3.8) is 0 Å². The number of benzene rings is 1. The van der Waals surface area contributed by atoms with E-state index in [-0.39, 0.29) is 26.6 Å². The number of nitrogens with one attached hydrogen (secondary N) is 1. The van der Waals surface area contributed by atoms with Crippen LogP contribution in [0.4, 0.5) is 10.1 Å². The van der Waals surface area contributed by atoms with Crippen LogP contribution in [0.25, 0.3) is 0 Å². The Kier molecular flexibility index (Phi) is 5.52. The normalized spacial score (nSPS) is 12.3. The molecule has 7 heteroatoms. The first-order chi connectivity index (χ1) is 8.73. The van der Waals surface area contributed by atoms with Gasteiger partial charge in [-0.2, -0.15) is 0 Å². The maximum Gasteiger partial charge on any atom is 0.234 e. The highest BCUT2D eigenvalue weighted by atomic mass is 35.5. The zero-order valence-corrected chi connectivity index (χ0v) is 12.7. The van der Waals surface area contributed by atoms with Crippen LogP contribution >= 0.6 is 35.4 Å². The smallest absolute Gasteiger partial charge is 0.234 e. The minimum Gasteiger partial charge on any atom is -0.393 e. The summed E-state index contributed by atoms with van der Waals surface area (Å²) in [5.41, 5.74) is 5.69. The highest BCUT2D eigenvalue weighted by Crippen LogP contribution is 2.32. The molecule has 19 heavy (non-hydrogen) atoms. The Morgan fingerprint density at radius 2 is 1.84 bits per heavy atom. The Morgan fingerprint density at radius 1 is 1.37 bits per heavy atom. The number of rotatable bonds is 4. The van der Waals surface area contributed by atoms with E-state index in [9.17, 15) is 9.18 Å². The average molecular weight is 323 g/mol. The number of thiocarbonyl (C=S) groups is 1. The molecule has 0 aliphatic heterocycles. The Bertz CT molecular complexity index is 499. The summed E-state index contributed by atoms with van der Waals surface area (Å²) in [6, 6.07) is 2.13. The van der Waals surface area contributed by atoms with E-state index in [4.69, 9.17) is 41.2 Å². The van der Waals surface area contributed by atoms with Crippen LogP contribution in [0.15, 0.2) is 12.1 Å². The lowest BCUT2D eigenvalue weighted by Crippen LogP contribution is -2.36. The highest BCUT2D eigenvalue weighted by Gasteiger charge is 2.26. The predicted octanol–water partition coefficient (Wildman–Crippen LogP) is 3.63. The van der Waals surface area contributed by atoms with Gasteiger partial charge in [-0.1, -0.05) is 49.3 Å². The molecule has 1 rings (SSSR count). The molecule has 0 spiro atoms. The molecule has 3 nitrogen and oxygen atoms in total. The van der Waals surface area contributed by atoms with Gasteiger partial charge in [0.25, 0.3) is 0 Å². The lowest BCUT2D eigenvalue weighted by molar-refractivity contribution is -0.118. The monoisotopic (exact) mass is 322 g/mol. The molecule has 0 aliphatic rings. The third-order valence-corrected chi connectivity index (χ3v) is 3.36. The number of hydrogen-bond acceptors (Lipinski definition) is 2. The van der Waals surface area contributed by atoms with Gasteiger partial charge in [0.05, 0.1) is 26.6 Å². The first-order valence-corrected chi connectivity index (χ1v) is 6.65. The molecule has 0 bridgehead atoms. The summed E-state index contributed by atoms with van der Waals surface area (Å²) in [6.45, 7) is 3.63. The molecule has 1 atom stereocenters. The van der Waals surface area contributed by atoms with E-state index >= 15 is 0 Å². The molecule has 0 saturated heterocycles. The van der Waals surface area contributed by atoms with Gasteiger partial charge in [-0.25, -0.2) is 4.39 Å². The van der Waals surface area contributed by atoms with Gasteiger partial charge in [0.15, 0.2) is 0 Å². The molecular weight excluding hydrogens is 310 g/mol. The SMILES string of the molecule is CC(C)C(C(=O)Nc1c(Cl)cc(F)cc1Cl)C(N)=S. The van der Waals surface area contributed by atoms with Gasteiger partial charge in [0, 0.05) is 0 Å².